The van der Waals surface area contributed by atoms with Crippen molar-refractivity contribution in [3.63, 3.8) is 0 Å². The molecule has 7 aromatic rings. The van der Waals surface area contributed by atoms with Crippen molar-refractivity contribution in [2.45, 2.75) is 26.5 Å². The van der Waals surface area contributed by atoms with Gasteiger partial charge in [-0.15, -0.1) is 0 Å². The third-order valence-electron chi connectivity index (χ3n) is 8.09. The Morgan fingerprint density at radius 2 is 0.955 bits per heavy atom. The van der Waals surface area contributed by atoms with Crippen LogP contribution in [-0.4, -0.2) is 22.6 Å². The molecule has 0 fully saturated rings. The number of hydrogen-bond donors (Lipinski definition) is 0. The van der Waals surface area contributed by atoms with E-state index >= 15 is 0 Å². The highest BCUT2D eigenvalue weighted by Gasteiger charge is 2.39. The van der Waals surface area contributed by atoms with Crippen LogP contribution in [0.4, 0.5) is 0 Å². The number of hydrogen-bond acceptors (Lipinski definition) is 5. The predicted octanol–water partition coefficient (Wildman–Crippen LogP) is 9.51. The normalized spacial score (nSPS) is 12.6. The molecular weight excluding hydrogens is 589 g/mol. The molecule has 0 radical (unpaired) electrons. The maximum atomic E-state index is 14.8. The fourth-order valence-corrected chi connectivity index (χ4v) is 11.2. The van der Waals surface area contributed by atoms with Gasteiger partial charge in [0.2, 0.25) is 0 Å². The number of ether oxygens (including phenoxy) is 2. The van der Waals surface area contributed by atoms with Gasteiger partial charge in [0.15, 0.2) is 0 Å². The zero-order chi connectivity index (χ0) is 30.5. The Balaban J connectivity index is 1.51. The van der Waals surface area contributed by atoms with Crippen molar-refractivity contribution < 1.29 is 21.5 Å². The van der Waals surface area contributed by atoms with E-state index < -0.39 is 20.4 Å². The largest absolute Gasteiger partial charge is 0.497 e. The smallest absolute Gasteiger partial charge is 0.307 e. The highest BCUT2D eigenvalue weighted by Crippen LogP contribution is 2.70. The van der Waals surface area contributed by atoms with E-state index in [0.29, 0.717) is 26.7 Å². The van der Waals surface area contributed by atoms with E-state index in [1.54, 1.807) is 20.3 Å². The lowest BCUT2D eigenvalue weighted by Gasteiger charge is -2.39. The Hall–Kier alpha value is -4.56. The van der Waals surface area contributed by atoms with Crippen LogP contribution < -0.4 is 9.47 Å². The average molecular weight is 619 g/mol. The lowest BCUT2D eigenvalue weighted by atomic mass is 9.94. The molecule has 0 spiro atoms. The standard InChI is InChI=1S/C37H30O5S2/c1-25-7-17-31(18-8-25)43(32-19-13-29(40-2)14-20-32,33-21-15-30(41-3)16-22-33)42-44(38,39)35-24-12-28-10-9-26-5-4-6-27-11-23-34(35)37(28)36(26)27/h4-24H,1-3H3. The van der Waals surface area contributed by atoms with Crippen LogP contribution in [0.1, 0.15) is 5.56 Å². The Kier molecular flexibility index (Phi) is 6.97. The average Bonchev–Trinajstić information content (AvgIpc) is 3.06. The van der Waals surface area contributed by atoms with Crippen molar-refractivity contribution in [3.05, 3.63) is 133 Å². The van der Waals surface area contributed by atoms with Gasteiger partial charge in [0.25, 0.3) is 0 Å². The molecule has 7 aromatic carbocycles. The molecule has 0 atom stereocenters. The Bertz CT molecular complexity index is 2160. The van der Waals surface area contributed by atoms with Crippen molar-refractivity contribution in [2.24, 2.45) is 0 Å². The van der Waals surface area contributed by atoms with Gasteiger partial charge in [0.1, 0.15) is 16.4 Å². The van der Waals surface area contributed by atoms with Crippen LogP contribution in [0.5, 0.6) is 11.5 Å². The van der Waals surface area contributed by atoms with Gasteiger partial charge in [-0.3, -0.25) is 0 Å². The van der Waals surface area contributed by atoms with E-state index in [0.717, 1.165) is 37.4 Å². The van der Waals surface area contributed by atoms with Gasteiger partial charge in [-0.2, -0.15) is 8.42 Å². The van der Waals surface area contributed by atoms with Gasteiger partial charge in [0, 0.05) is 20.1 Å². The third-order valence-corrected chi connectivity index (χ3v) is 13.3. The predicted molar refractivity (Wildman–Crippen MR) is 178 cm³/mol. The first-order chi connectivity index (χ1) is 21.3. The lowest BCUT2D eigenvalue weighted by molar-refractivity contribution is 0.414. The highest BCUT2D eigenvalue weighted by atomic mass is 32.3. The van der Waals surface area contributed by atoms with E-state index in [1.165, 1.54) is 0 Å². The van der Waals surface area contributed by atoms with Crippen LogP contribution in [0.25, 0.3) is 32.3 Å². The minimum Gasteiger partial charge on any atom is -0.497 e. The highest BCUT2D eigenvalue weighted by molar-refractivity contribution is 8.33. The first kappa shape index (κ1) is 28.2. The van der Waals surface area contributed by atoms with Crippen molar-refractivity contribution in [3.8, 4) is 11.5 Å². The molecule has 0 N–H and O–H groups in total. The van der Waals surface area contributed by atoms with E-state index in [4.69, 9.17) is 13.1 Å². The molecule has 5 nitrogen and oxygen atoms in total. The van der Waals surface area contributed by atoms with Gasteiger partial charge < -0.3 is 9.47 Å². The molecule has 7 rings (SSSR count). The molecule has 0 saturated carbocycles. The number of aryl methyl sites for hydroxylation is 1. The maximum Gasteiger partial charge on any atom is 0.307 e. The molecule has 0 aliphatic carbocycles. The Morgan fingerprint density at radius 3 is 1.48 bits per heavy atom. The van der Waals surface area contributed by atoms with Gasteiger partial charge in [0.05, 0.1) is 14.2 Å². The number of methoxy groups -OCH3 is 2. The first-order valence-electron chi connectivity index (χ1n) is 14.1. The van der Waals surface area contributed by atoms with E-state index in [1.807, 2.05) is 110 Å². The minimum atomic E-state index is -4.35. The maximum absolute atomic E-state index is 14.8. The van der Waals surface area contributed by atoms with Gasteiger partial charge in [-0.25, -0.2) is 3.63 Å². The molecule has 220 valence electrons. The van der Waals surface area contributed by atoms with Crippen molar-refractivity contribution in [2.75, 3.05) is 14.2 Å². The van der Waals surface area contributed by atoms with Crippen LogP contribution >= 0.6 is 10.3 Å². The van der Waals surface area contributed by atoms with Gasteiger partial charge >= 0.3 is 10.1 Å². The summed E-state index contributed by atoms with van der Waals surface area (Å²) in [6.07, 6.45) is 0. The second kappa shape index (κ2) is 10.9. The molecule has 0 heterocycles. The molecule has 0 aliphatic rings. The van der Waals surface area contributed by atoms with Gasteiger partial charge in [-0.05, 0) is 111 Å². The molecule has 0 saturated heterocycles. The van der Waals surface area contributed by atoms with Crippen molar-refractivity contribution in [1.82, 2.24) is 0 Å². The second-order valence-corrected chi connectivity index (χ2v) is 15.1. The van der Waals surface area contributed by atoms with E-state index in [2.05, 4.69) is 18.2 Å². The topological polar surface area (TPSA) is 61.8 Å². The summed E-state index contributed by atoms with van der Waals surface area (Å²) < 4.78 is 47.2. The quantitative estimate of drug-likeness (QED) is 0.159. The summed E-state index contributed by atoms with van der Waals surface area (Å²) in [5, 5.41) is 5.69. The summed E-state index contributed by atoms with van der Waals surface area (Å²) in [7, 11) is -3.98. The number of rotatable bonds is 8. The zero-order valence-corrected chi connectivity index (χ0v) is 26.1. The Morgan fingerprint density at radius 1 is 0.500 bits per heavy atom. The SMILES string of the molecule is COc1ccc(S(OS(=O)(=O)c2ccc3ccc4cccc5ccc2c3c45)(c2ccc(C)cc2)c2ccc(OC)cc2)cc1. The first-order valence-corrected chi connectivity index (χ1v) is 17.1. The molecule has 0 aliphatic heterocycles. The van der Waals surface area contributed by atoms with Crippen LogP contribution in [0.15, 0.2) is 147 Å². The second-order valence-electron chi connectivity index (χ2n) is 10.7. The van der Waals surface area contributed by atoms with Crippen molar-refractivity contribution in [1.29, 1.82) is 0 Å². The molecule has 0 amide bonds. The van der Waals surface area contributed by atoms with Crippen LogP contribution in [0, 0.1) is 6.92 Å². The van der Waals surface area contributed by atoms with Gasteiger partial charge in [-0.1, -0.05) is 66.2 Å². The third kappa shape index (κ3) is 4.56. The molecular formula is C37H30O5S2. The summed E-state index contributed by atoms with van der Waals surface area (Å²) in [5.41, 5.74) is 1.06. The lowest BCUT2D eigenvalue weighted by Crippen LogP contribution is -2.15. The van der Waals surface area contributed by atoms with Crippen molar-refractivity contribution >= 4 is 52.7 Å². The fraction of sp³-hybridized carbons (Fsp3) is 0.0811. The van der Waals surface area contributed by atoms with E-state index in [9.17, 15) is 8.42 Å². The molecule has 0 aromatic heterocycles. The molecule has 0 bridgehead atoms. The summed E-state index contributed by atoms with van der Waals surface area (Å²) in [6.45, 7) is 2.00. The van der Waals surface area contributed by atoms with Crippen LogP contribution in [0.2, 0.25) is 0 Å². The molecule has 7 heteroatoms. The van der Waals surface area contributed by atoms with Crippen LogP contribution in [0.3, 0.4) is 0 Å². The summed E-state index contributed by atoms with van der Waals surface area (Å²) in [6, 6.07) is 40.4. The summed E-state index contributed by atoms with van der Waals surface area (Å²) in [5.74, 6) is 1.32. The number of benzene rings is 7. The van der Waals surface area contributed by atoms with E-state index in [-0.39, 0.29) is 4.90 Å². The Labute approximate surface area is 258 Å². The molecule has 0 unspecified atom stereocenters. The monoisotopic (exact) mass is 618 g/mol. The fourth-order valence-electron chi connectivity index (χ4n) is 5.89. The van der Waals surface area contributed by atoms with Crippen LogP contribution in [-0.2, 0) is 13.7 Å². The summed E-state index contributed by atoms with van der Waals surface area (Å²) in [4.78, 5) is 2.32. The minimum absolute atomic E-state index is 0.134. The zero-order valence-electron chi connectivity index (χ0n) is 24.5. The molecule has 44 heavy (non-hydrogen) atoms. The summed E-state index contributed by atoms with van der Waals surface area (Å²) >= 11 is 0.